The Kier molecular flexibility index (Phi) is 5.39. The highest BCUT2D eigenvalue weighted by molar-refractivity contribution is 8.00. The zero-order chi connectivity index (χ0) is 19.7. The van der Waals surface area contributed by atoms with E-state index in [1.54, 1.807) is 24.9 Å². The Morgan fingerprint density at radius 1 is 1.21 bits per heavy atom. The van der Waals surface area contributed by atoms with Crippen LogP contribution in [0.3, 0.4) is 0 Å². The summed E-state index contributed by atoms with van der Waals surface area (Å²) in [5, 5.41) is 0.516. The Morgan fingerprint density at radius 3 is 2.71 bits per heavy atom. The molecule has 0 radical (unpaired) electrons. The van der Waals surface area contributed by atoms with Gasteiger partial charge in [0.2, 0.25) is 0 Å². The lowest BCUT2D eigenvalue weighted by molar-refractivity contribution is 0.414. The number of benzene rings is 2. The van der Waals surface area contributed by atoms with E-state index >= 15 is 0 Å². The third-order valence-electron chi connectivity index (χ3n) is 4.25. The normalized spacial score (nSPS) is 11.1. The van der Waals surface area contributed by atoms with Crippen LogP contribution in [0.2, 0.25) is 5.02 Å². The topological polar surface area (TPSA) is 57.0 Å². The largest absolute Gasteiger partial charge is 0.497 e. The number of fused-ring (bicyclic) bond motifs is 1. The zero-order valence-electron chi connectivity index (χ0n) is 15.2. The number of ether oxygens (including phenoxy) is 1. The number of para-hydroxylation sites is 1. The lowest BCUT2D eigenvalue weighted by Gasteiger charge is -2.10. The summed E-state index contributed by atoms with van der Waals surface area (Å²) in [4.78, 5) is 21.9. The van der Waals surface area contributed by atoms with Gasteiger partial charge in [0.1, 0.15) is 16.8 Å². The van der Waals surface area contributed by atoms with Crippen molar-refractivity contribution >= 4 is 45.0 Å². The molecule has 2 heterocycles. The van der Waals surface area contributed by atoms with E-state index < -0.39 is 0 Å². The van der Waals surface area contributed by atoms with E-state index in [0.29, 0.717) is 21.1 Å². The van der Waals surface area contributed by atoms with Crippen LogP contribution in [0.5, 0.6) is 5.75 Å². The first-order valence-corrected chi connectivity index (χ1v) is 10.6. The number of methoxy groups -OCH3 is 1. The molecule has 0 spiro atoms. The van der Waals surface area contributed by atoms with Crippen molar-refractivity contribution in [3.63, 3.8) is 0 Å². The fraction of sp³-hybridized carbons (Fsp3) is 0.150. The van der Waals surface area contributed by atoms with Crippen LogP contribution < -0.4 is 10.3 Å². The monoisotopic (exact) mass is 429 g/mol. The maximum absolute atomic E-state index is 13.0. The molecule has 4 aromatic rings. The summed E-state index contributed by atoms with van der Waals surface area (Å²) in [6.45, 7) is 1.92. The van der Waals surface area contributed by atoms with Gasteiger partial charge in [0.05, 0.1) is 17.8 Å². The first-order chi connectivity index (χ1) is 13.6. The second-order valence-electron chi connectivity index (χ2n) is 6.09. The lowest BCUT2D eigenvalue weighted by Crippen LogP contribution is -2.19. The van der Waals surface area contributed by atoms with Crippen molar-refractivity contribution in [2.24, 2.45) is 0 Å². The third-order valence-corrected chi connectivity index (χ3v) is 6.80. The van der Waals surface area contributed by atoms with Gasteiger partial charge in [0.25, 0.3) is 5.56 Å². The Bertz CT molecular complexity index is 1180. The van der Waals surface area contributed by atoms with Gasteiger partial charge in [-0.15, -0.1) is 11.3 Å². The minimum absolute atomic E-state index is 0.157. The Labute approximate surface area is 175 Å². The first-order valence-electron chi connectivity index (χ1n) is 8.46. The lowest BCUT2D eigenvalue weighted by atomic mass is 10.2. The standard InChI is InChI=1S/C20H16ClN3O2S2/c1-12-4-3-5-15(21)16(12)24-11-22-18-17(19(24)25)28-20(23-18)27-10-13-6-8-14(26-2)9-7-13/h3-9,11H,10H2,1-2H3. The number of aromatic nitrogens is 3. The number of hydrogen-bond acceptors (Lipinski definition) is 6. The summed E-state index contributed by atoms with van der Waals surface area (Å²) in [5.41, 5.74) is 3.03. The van der Waals surface area contributed by atoms with Gasteiger partial charge in [0.15, 0.2) is 9.99 Å². The van der Waals surface area contributed by atoms with Crippen molar-refractivity contribution in [1.29, 1.82) is 0 Å². The van der Waals surface area contributed by atoms with E-state index in [2.05, 4.69) is 9.97 Å². The summed E-state index contributed by atoms with van der Waals surface area (Å²) in [7, 11) is 1.65. The molecule has 4 rings (SSSR count). The molecule has 2 aromatic heterocycles. The van der Waals surface area contributed by atoms with E-state index in [1.165, 1.54) is 22.2 Å². The number of rotatable bonds is 5. The van der Waals surface area contributed by atoms with Crippen molar-refractivity contribution in [3.05, 3.63) is 75.3 Å². The molecule has 0 amide bonds. The second kappa shape index (κ2) is 7.95. The summed E-state index contributed by atoms with van der Waals surface area (Å²) in [6, 6.07) is 13.4. The Balaban J connectivity index is 1.64. The molecule has 0 bridgehead atoms. The SMILES string of the molecule is COc1ccc(CSc2nc3ncn(-c4c(C)cccc4Cl)c(=O)c3s2)cc1. The van der Waals surface area contributed by atoms with Gasteiger partial charge in [-0.2, -0.15) is 0 Å². The molecule has 0 saturated carbocycles. The molecule has 0 saturated heterocycles. The molecule has 0 atom stereocenters. The van der Waals surface area contributed by atoms with Crippen molar-refractivity contribution in [3.8, 4) is 11.4 Å². The van der Waals surface area contributed by atoms with Gasteiger partial charge < -0.3 is 4.74 Å². The smallest absolute Gasteiger partial charge is 0.277 e. The van der Waals surface area contributed by atoms with Crippen LogP contribution >= 0.6 is 34.7 Å². The Morgan fingerprint density at radius 2 is 2.00 bits per heavy atom. The summed E-state index contributed by atoms with van der Waals surface area (Å²) >= 11 is 9.26. The van der Waals surface area contributed by atoms with E-state index in [1.807, 2.05) is 43.3 Å². The highest BCUT2D eigenvalue weighted by atomic mass is 35.5. The molecule has 0 unspecified atom stereocenters. The summed E-state index contributed by atoms with van der Waals surface area (Å²) in [5.74, 6) is 1.58. The fourth-order valence-corrected chi connectivity index (χ4v) is 5.10. The van der Waals surface area contributed by atoms with Gasteiger partial charge >= 0.3 is 0 Å². The van der Waals surface area contributed by atoms with E-state index in [9.17, 15) is 4.79 Å². The number of aryl methyl sites for hydroxylation is 1. The van der Waals surface area contributed by atoms with Crippen LogP contribution in [0.1, 0.15) is 11.1 Å². The molecule has 0 N–H and O–H groups in total. The van der Waals surface area contributed by atoms with E-state index in [4.69, 9.17) is 16.3 Å². The molecular weight excluding hydrogens is 414 g/mol. The predicted octanol–water partition coefficient (Wildman–Crippen LogP) is 5.10. The minimum Gasteiger partial charge on any atom is -0.497 e. The average Bonchev–Trinajstić information content (AvgIpc) is 3.12. The van der Waals surface area contributed by atoms with Crippen LogP contribution in [0.4, 0.5) is 0 Å². The summed E-state index contributed by atoms with van der Waals surface area (Å²) < 4.78 is 8.01. The second-order valence-corrected chi connectivity index (χ2v) is 8.72. The van der Waals surface area contributed by atoms with Gasteiger partial charge in [0, 0.05) is 5.75 Å². The minimum atomic E-state index is -0.157. The van der Waals surface area contributed by atoms with Crippen molar-refractivity contribution in [2.75, 3.05) is 7.11 Å². The van der Waals surface area contributed by atoms with Gasteiger partial charge in [-0.25, -0.2) is 9.97 Å². The van der Waals surface area contributed by atoms with Crippen molar-refractivity contribution < 1.29 is 4.74 Å². The highest BCUT2D eigenvalue weighted by Gasteiger charge is 2.15. The first kappa shape index (κ1) is 19.0. The van der Waals surface area contributed by atoms with Crippen LogP contribution in [-0.2, 0) is 5.75 Å². The molecule has 2 aromatic carbocycles. The van der Waals surface area contributed by atoms with E-state index in [0.717, 1.165) is 27.0 Å². The molecule has 0 aliphatic rings. The maximum Gasteiger partial charge on any atom is 0.277 e. The predicted molar refractivity (Wildman–Crippen MR) is 115 cm³/mol. The molecule has 28 heavy (non-hydrogen) atoms. The maximum atomic E-state index is 13.0. The number of thiazole rings is 1. The summed E-state index contributed by atoms with van der Waals surface area (Å²) in [6.07, 6.45) is 1.50. The zero-order valence-corrected chi connectivity index (χ0v) is 17.6. The molecule has 0 aliphatic heterocycles. The number of hydrogen-bond donors (Lipinski definition) is 0. The quantitative estimate of drug-likeness (QED) is 0.413. The van der Waals surface area contributed by atoms with Crippen molar-refractivity contribution in [2.45, 2.75) is 17.0 Å². The number of nitrogens with zero attached hydrogens (tertiary/aromatic N) is 3. The van der Waals surface area contributed by atoms with Crippen LogP contribution in [0.15, 0.2) is 57.9 Å². The van der Waals surface area contributed by atoms with Gasteiger partial charge in [-0.3, -0.25) is 9.36 Å². The fourth-order valence-electron chi connectivity index (χ4n) is 2.81. The Hall–Kier alpha value is -2.35. The van der Waals surface area contributed by atoms with Gasteiger partial charge in [-0.1, -0.05) is 47.6 Å². The van der Waals surface area contributed by atoms with Crippen LogP contribution in [0, 0.1) is 6.92 Å². The van der Waals surface area contributed by atoms with Gasteiger partial charge in [-0.05, 0) is 36.2 Å². The molecule has 142 valence electrons. The molecule has 5 nitrogen and oxygen atoms in total. The number of thioether (sulfide) groups is 1. The molecule has 0 aliphatic carbocycles. The van der Waals surface area contributed by atoms with E-state index in [-0.39, 0.29) is 5.56 Å². The molecular formula is C20H16ClN3O2S2. The molecule has 8 heteroatoms. The van der Waals surface area contributed by atoms with Crippen molar-refractivity contribution in [1.82, 2.24) is 14.5 Å². The average molecular weight is 430 g/mol. The van der Waals surface area contributed by atoms with Crippen LogP contribution in [-0.4, -0.2) is 21.6 Å². The third kappa shape index (κ3) is 3.65. The molecule has 0 fully saturated rings. The number of halogens is 1. The highest BCUT2D eigenvalue weighted by Crippen LogP contribution is 2.30. The van der Waals surface area contributed by atoms with Crippen LogP contribution in [0.25, 0.3) is 16.0 Å².